The first-order chi connectivity index (χ1) is 9.20. The van der Waals surface area contributed by atoms with E-state index in [0.717, 1.165) is 12.8 Å². The summed E-state index contributed by atoms with van der Waals surface area (Å²) in [5.74, 6) is 0.654. The van der Waals surface area contributed by atoms with Crippen LogP contribution in [0, 0.1) is 6.92 Å². The van der Waals surface area contributed by atoms with Crippen LogP contribution in [-0.2, 0) is 11.8 Å². The number of alkyl halides is 1. The molecule has 0 aliphatic rings. The Hall–Kier alpha value is -1.27. The third kappa shape index (κ3) is 3.19. The van der Waals surface area contributed by atoms with Gasteiger partial charge in [-0.15, -0.1) is 11.6 Å². The van der Waals surface area contributed by atoms with Gasteiger partial charge in [-0.05, 0) is 30.9 Å². The molecule has 0 saturated carbocycles. The highest BCUT2D eigenvalue weighted by molar-refractivity contribution is 6.18. The molecule has 0 aromatic heterocycles. The van der Waals surface area contributed by atoms with Crippen LogP contribution in [0.2, 0.25) is 0 Å². The highest BCUT2D eigenvalue weighted by Crippen LogP contribution is 2.33. The summed E-state index contributed by atoms with van der Waals surface area (Å²) in [6, 6.07) is 19.4. The van der Waals surface area contributed by atoms with Crippen LogP contribution in [-0.4, -0.2) is 5.88 Å². The van der Waals surface area contributed by atoms with E-state index in [1.54, 1.807) is 0 Å². The van der Waals surface area contributed by atoms with E-state index in [1.165, 1.54) is 16.7 Å². The lowest BCUT2D eigenvalue weighted by molar-refractivity contribution is 0.458. The van der Waals surface area contributed by atoms with E-state index >= 15 is 0 Å². The van der Waals surface area contributed by atoms with Crippen LogP contribution in [0.5, 0.6) is 0 Å². The van der Waals surface area contributed by atoms with Crippen molar-refractivity contribution >= 4 is 11.6 Å². The van der Waals surface area contributed by atoms with Crippen LogP contribution in [0.1, 0.15) is 30.0 Å². The maximum absolute atomic E-state index is 6.34. The zero-order chi connectivity index (χ0) is 13.7. The molecule has 2 aromatic carbocycles. The van der Waals surface area contributed by atoms with Crippen LogP contribution in [0.15, 0.2) is 54.6 Å². The lowest BCUT2D eigenvalue weighted by Crippen LogP contribution is -2.30. The second kappa shape index (κ2) is 6.25. The summed E-state index contributed by atoms with van der Waals surface area (Å²) in [6.07, 6.45) is 2.05. The first kappa shape index (κ1) is 14.1. The molecule has 0 amide bonds. The fourth-order valence-corrected chi connectivity index (χ4v) is 2.98. The molecule has 19 heavy (non-hydrogen) atoms. The van der Waals surface area contributed by atoms with E-state index in [4.69, 9.17) is 11.6 Å². The number of benzene rings is 2. The minimum absolute atomic E-state index is 0.0398. The summed E-state index contributed by atoms with van der Waals surface area (Å²) in [6.45, 7) is 4.35. The third-order valence-electron chi connectivity index (χ3n) is 3.98. The summed E-state index contributed by atoms with van der Waals surface area (Å²) in [7, 11) is 0. The van der Waals surface area contributed by atoms with Gasteiger partial charge in [0.2, 0.25) is 0 Å². The maximum Gasteiger partial charge on any atom is 0.0323 e. The maximum atomic E-state index is 6.34. The normalized spacial score (nSPS) is 14.1. The highest BCUT2D eigenvalue weighted by Gasteiger charge is 2.29. The van der Waals surface area contributed by atoms with Gasteiger partial charge in [-0.1, -0.05) is 67.1 Å². The SMILES string of the molecule is CCC(CCl)(Cc1ccc(C)cc1)c1ccccc1. The zero-order valence-electron chi connectivity index (χ0n) is 11.7. The Labute approximate surface area is 121 Å². The van der Waals surface area contributed by atoms with Gasteiger partial charge >= 0.3 is 0 Å². The van der Waals surface area contributed by atoms with Crippen molar-refractivity contribution in [3.8, 4) is 0 Å². The van der Waals surface area contributed by atoms with Crippen molar-refractivity contribution in [1.82, 2.24) is 0 Å². The Balaban J connectivity index is 2.32. The van der Waals surface area contributed by atoms with Crippen LogP contribution >= 0.6 is 11.6 Å². The topological polar surface area (TPSA) is 0 Å². The molecule has 0 saturated heterocycles. The molecule has 0 nitrogen and oxygen atoms in total. The van der Waals surface area contributed by atoms with Gasteiger partial charge in [-0.25, -0.2) is 0 Å². The summed E-state index contributed by atoms with van der Waals surface area (Å²) in [5.41, 5.74) is 4.04. The van der Waals surface area contributed by atoms with E-state index in [-0.39, 0.29) is 5.41 Å². The molecule has 0 radical (unpaired) electrons. The number of hydrogen-bond acceptors (Lipinski definition) is 0. The molecular formula is C18H21Cl. The van der Waals surface area contributed by atoms with Crippen LogP contribution < -0.4 is 0 Å². The molecule has 1 unspecified atom stereocenters. The van der Waals surface area contributed by atoms with Crippen molar-refractivity contribution in [2.24, 2.45) is 0 Å². The van der Waals surface area contributed by atoms with Crippen molar-refractivity contribution in [2.45, 2.75) is 32.1 Å². The monoisotopic (exact) mass is 272 g/mol. The van der Waals surface area contributed by atoms with Crippen LogP contribution in [0.25, 0.3) is 0 Å². The smallest absolute Gasteiger partial charge is 0.0323 e. The molecule has 0 N–H and O–H groups in total. The Morgan fingerprint density at radius 3 is 2.11 bits per heavy atom. The van der Waals surface area contributed by atoms with Crippen molar-refractivity contribution < 1.29 is 0 Å². The largest absolute Gasteiger partial charge is 0.126 e. The van der Waals surface area contributed by atoms with Crippen molar-refractivity contribution in [1.29, 1.82) is 0 Å². The van der Waals surface area contributed by atoms with E-state index < -0.39 is 0 Å². The second-order valence-corrected chi connectivity index (χ2v) is 5.56. The average Bonchev–Trinajstić information content (AvgIpc) is 2.48. The average molecular weight is 273 g/mol. The van der Waals surface area contributed by atoms with E-state index in [9.17, 15) is 0 Å². The fraction of sp³-hybridized carbons (Fsp3) is 0.333. The molecule has 0 spiro atoms. The third-order valence-corrected chi connectivity index (χ3v) is 4.49. The predicted octanol–water partition coefficient (Wildman–Crippen LogP) is 5.12. The lowest BCUT2D eigenvalue weighted by atomic mass is 9.75. The van der Waals surface area contributed by atoms with Gasteiger partial charge in [-0.3, -0.25) is 0 Å². The first-order valence-electron chi connectivity index (χ1n) is 6.87. The minimum atomic E-state index is 0.0398. The Morgan fingerprint density at radius 2 is 1.58 bits per heavy atom. The molecule has 0 fully saturated rings. The zero-order valence-corrected chi connectivity index (χ0v) is 12.5. The van der Waals surface area contributed by atoms with Crippen molar-refractivity contribution in [2.75, 3.05) is 5.88 Å². The van der Waals surface area contributed by atoms with Crippen molar-refractivity contribution in [3.05, 3.63) is 71.3 Å². The molecule has 0 aliphatic heterocycles. The van der Waals surface area contributed by atoms with Gasteiger partial charge in [0.25, 0.3) is 0 Å². The summed E-state index contributed by atoms with van der Waals surface area (Å²) >= 11 is 6.34. The molecule has 1 heteroatoms. The summed E-state index contributed by atoms with van der Waals surface area (Å²) in [4.78, 5) is 0. The molecule has 2 rings (SSSR count). The number of rotatable bonds is 5. The molecule has 0 heterocycles. The molecule has 0 aliphatic carbocycles. The predicted molar refractivity (Wildman–Crippen MR) is 84.0 cm³/mol. The van der Waals surface area contributed by atoms with Gasteiger partial charge in [-0.2, -0.15) is 0 Å². The first-order valence-corrected chi connectivity index (χ1v) is 7.41. The van der Waals surface area contributed by atoms with Gasteiger partial charge in [0.15, 0.2) is 0 Å². The Morgan fingerprint density at radius 1 is 0.947 bits per heavy atom. The highest BCUT2D eigenvalue weighted by atomic mass is 35.5. The Bertz CT molecular complexity index is 495. The molecule has 100 valence electrons. The summed E-state index contributed by atoms with van der Waals surface area (Å²) in [5, 5.41) is 0. The molecule has 0 bridgehead atoms. The van der Waals surface area contributed by atoms with Crippen LogP contribution in [0.4, 0.5) is 0 Å². The van der Waals surface area contributed by atoms with Crippen LogP contribution in [0.3, 0.4) is 0 Å². The van der Waals surface area contributed by atoms with Gasteiger partial charge in [0.1, 0.15) is 0 Å². The standard InChI is InChI=1S/C18H21Cl/c1-3-18(14-19,17-7-5-4-6-8-17)13-16-11-9-15(2)10-12-16/h4-12H,3,13-14H2,1-2H3. The van der Waals surface area contributed by atoms with Gasteiger partial charge in [0, 0.05) is 11.3 Å². The molecule has 1 atom stereocenters. The van der Waals surface area contributed by atoms with Gasteiger partial charge < -0.3 is 0 Å². The minimum Gasteiger partial charge on any atom is -0.126 e. The second-order valence-electron chi connectivity index (χ2n) is 5.30. The number of halogens is 1. The molecule has 2 aromatic rings. The fourth-order valence-electron chi connectivity index (χ4n) is 2.54. The number of hydrogen-bond donors (Lipinski definition) is 0. The number of aryl methyl sites for hydroxylation is 1. The van der Waals surface area contributed by atoms with Gasteiger partial charge in [0.05, 0.1) is 0 Å². The summed E-state index contributed by atoms with van der Waals surface area (Å²) < 4.78 is 0. The molecular weight excluding hydrogens is 252 g/mol. The van der Waals surface area contributed by atoms with Crippen molar-refractivity contribution in [3.63, 3.8) is 0 Å². The van der Waals surface area contributed by atoms with E-state index in [2.05, 4.69) is 68.4 Å². The van der Waals surface area contributed by atoms with E-state index in [1.807, 2.05) is 0 Å². The Kier molecular flexibility index (Phi) is 4.66. The van der Waals surface area contributed by atoms with E-state index in [0.29, 0.717) is 5.88 Å². The lowest BCUT2D eigenvalue weighted by Gasteiger charge is -2.31. The quantitative estimate of drug-likeness (QED) is 0.663.